The SMILES string of the molecule is NCC1CCCC1NC(=O)CCC(=O)c1ccccc1. The van der Waals surface area contributed by atoms with Crippen LogP contribution in [0.15, 0.2) is 30.3 Å². The number of nitrogens with two attached hydrogens (primary N) is 1. The molecule has 1 aromatic rings. The lowest BCUT2D eigenvalue weighted by Gasteiger charge is -2.19. The van der Waals surface area contributed by atoms with Crippen molar-refractivity contribution in [3.05, 3.63) is 35.9 Å². The second-order valence-electron chi connectivity index (χ2n) is 5.39. The zero-order valence-electron chi connectivity index (χ0n) is 11.7. The van der Waals surface area contributed by atoms with Gasteiger partial charge in [0, 0.05) is 24.4 Å². The average molecular weight is 274 g/mol. The Balaban J connectivity index is 1.76. The summed E-state index contributed by atoms with van der Waals surface area (Å²) in [6.07, 6.45) is 3.72. The number of carbonyl (C=O) groups is 2. The minimum atomic E-state index is -0.0420. The molecule has 0 saturated heterocycles. The van der Waals surface area contributed by atoms with E-state index < -0.39 is 0 Å². The highest BCUT2D eigenvalue weighted by Gasteiger charge is 2.27. The Morgan fingerprint density at radius 3 is 2.60 bits per heavy atom. The standard InChI is InChI=1S/C16H22N2O2/c17-11-13-7-4-8-14(13)18-16(20)10-9-15(19)12-5-2-1-3-6-12/h1-3,5-6,13-14H,4,7-11,17H2,(H,18,20). The molecule has 0 aliphatic heterocycles. The maximum absolute atomic E-state index is 11.9. The summed E-state index contributed by atoms with van der Waals surface area (Å²) >= 11 is 0. The summed E-state index contributed by atoms with van der Waals surface area (Å²) in [5, 5.41) is 3.02. The van der Waals surface area contributed by atoms with Gasteiger partial charge in [-0.1, -0.05) is 36.8 Å². The topological polar surface area (TPSA) is 72.2 Å². The van der Waals surface area contributed by atoms with Crippen LogP contribution in [0.3, 0.4) is 0 Å². The van der Waals surface area contributed by atoms with Crippen molar-refractivity contribution in [1.82, 2.24) is 5.32 Å². The van der Waals surface area contributed by atoms with E-state index in [9.17, 15) is 9.59 Å². The summed E-state index contributed by atoms with van der Waals surface area (Å²) in [6.45, 7) is 0.619. The Bertz CT molecular complexity index is 459. The monoisotopic (exact) mass is 274 g/mol. The minimum absolute atomic E-state index is 0.0162. The molecule has 1 amide bonds. The molecule has 1 aliphatic carbocycles. The van der Waals surface area contributed by atoms with E-state index in [2.05, 4.69) is 5.32 Å². The number of ketones is 1. The Labute approximate surface area is 119 Å². The van der Waals surface area contributed by atoms with Gasteiger partial charge >= 0.3 is 0 Å². The van der Waals surface area contributed by atoms with Gasteiger partial charge in [0.15, 0.2) is 5.78 Å². The molecule has 4 nitrogen and oxygen atoms in total. The van der Waals surface area contributed by atoms with Crippen molar-refractivity contribution in [3.8, 4) is 0 Å². The molecule has 0 aromatic heterocycles. The predicted molar refractivity (Wildman–Crippen MR) is 78.3 cm³/mol. The number of Topliss-reactive ketones (excluding diaryl/α,β-unsaturated/α-hetero) is 1. The lowest BCUT2D eigenvalue weighted by molar-refractivity contribution is -0.122. The zero-order chi connectivity index (χ0) is 14.4. The molecule has 1 aliphatic rings. The Hall–Kier alpha value is -1.68. The lowest BCUT2D eigenvalue weighted by atomic mass is 10.0. The van der Waals surface area contributed by atoms with Crippen LogP contribution in [0.25, 0.3) is 0 Å². The third-order valence-corrected chi connectivity index (χ3v) is 3.98. The maximum atomic E-state index is 11.9. The Morgan fingerprint density at radius 2 is 1.90 bits per heavy atom. The molecule has 0 spiro atoms. The highest BCUT2D eigenvalue weighted by Crippen LogP contribution is 2.24. The van der Waals surface area contributed by atoms with E-state index in [1.54, 1.807) is 12.1 Å². The number of benzene rings is 1. The molecular formula is C16H22N2O2. The summed E-state index contributed by atoms with van der Waals surface area (Å²) < 4.78 is 0. The fourth-order valence-corrected chi connectivity index (χ4v) is 2.78. The van der Waals surface area contributed by atoms with E-state index in [0.717, 1.165) is 19.3 Å². The van der Waals surface area contributed by atoms with Gasteiger partial charge in [0.2, 0.25) is 5.91 Å². The fraction of sp³-hybridized carbons (Fsp3) is 0.500. The van der Waals surface area contributed by atoms with E-state index in [0.29, 0.717) is 18.0 Å². The normalized spacial score (nSPS) is 21.6. The number of hydrogen-bond acceptors (Lipinski definition) is 3. The van der Waals surface area contributed by atoms with Crippen LogP contribution in [0.4, 0.5) is 0 Å². The molecule has 20 heavy (non-hydrogen) atoms. The van der Waals surface area contributed by atoms with Gasteiger partial charge in [-0.25, -0.2) is 0 Å². The third kappa shape index (κ3) is 3.90. The molecule has 3 N–H and O–H groups in total. The van der Waals surface area contributed by atoms with E-state index in [4.69, 9.17) is 5.73 Å². The molecule has 4 heteroatoms. The van der Waals surface area contributed by atoms with Gasteiger partial charge in [-0.2, -0.15) is 0 Å². The molecule has 0 radical (unpaired) electrons. The molecule has 108 valence electrons. The van der Waals surface area contributed by atoms with Crippen molar-refractivity contribution < 1.29 is 9.59 Å². The van der Waals surface area contributed by atoms with Crippen molar-refractivity contribution in [2.75, 3.05) is 6.54 Å². The minimum Gasteiger partial charge on any atom is -0.353 e. The number of amides is 1. The molecule has 1 saturated carbocycles. The highest BCUT2D eigenvalue weighted by atomic mass is 16.2. The first kappa shape index (κ1) is 14.7. The van der Waals surface area contributed by atoms with Crippen molar-refractivity contribution in [1.29, 1.82) is 0 Å². The summed E-state index contributed by atoms with van der Waals surface area (Å²) in [4.78, 5) is 23.8. The van der Waals surface area contributed by atoms with Gasteiger partial charge in [0.25, 0.3) is 0 Å². The number of carbonyl (C=O) groups excluding carboxylic acids is 2. The van der Waals surface area contributed by atoms with Crippen LogP contribution in [0.2, 0.25) is 0 Å². The van der Waals surface area contributed by atoms with Crippen molar-refractivity contribution in [2.45, 2.75) is 38.1 Å². The second kappa shape index (κ2) is 7.20. The molecule has 1 aromatic carbocycles. The molecular weight excluding hydrogens is 252 g/mol. The molecule has 2 rings (SSSR count). The Morgan fingerprint density at radius 1 is 1.15 bits per heavy atom. The smallest absolute Gasteiger partial charge is 0.220 e. The number of hydrogen-bond donors (Lipinski definition) is 2. The first-order valence-electron chi connectivity index (χ1n) is 7.28. The van der Waals surface area contributed by atoms with Gasteiger partial charge in [-0.15, -0.1) is 0 Å². The summed E-state index contributed by atoms with van der Waals surface area (Å²) in [6, 6.07) is 9.29. The van der Waals surface area contributed by atoms with Crippen LogP contribution >= 0.6 is 0 Å². The largest absolute Gasteiger partial charge is 0.353 e. The number of nitrogens with one attached hydrogen (secondary N) is 1. The highest BCUT2D eigenvalue weighted by molar-refractivity contribution is 5.97. The summed E-state index contributed by atoms with van der Waals surface area (Å²) in [5.74, 6) is 0.367. The van der Waals surface area contributed by atoms with Crippen LogP contribution in [0, 0.1) is 5.92 Å². The maximum Gasteiger partial charge on any atom is 0.220 e. The number of rotatable bonds is 6. The molecule has 0 bridgehead atoms. The quantitative estimate of drug-likeness (QED) is 0.778. The van der Waals surface area contributed by atoms with E-state index in [1.165, 1.54) is 0 Å². The zero-order valence-corrected chi connectivity index (χ0v) is 11.7. The Kier molecular flexibility index (Phi) is 5.30. The molecule has 2 unspecified atom stereocenters. The fourth-order valence-electron chi connectivity index (χ4n) is 2.78. The van der Waals surface area contributed by atoms with Crippen molar-refractivity contribution >= 4 is 11.7 Å². The van der Waals surface area contributed by atoms with Crippen LogP contribution in [-0.2, 0) is 4.79 Å². The van der Waals surface area contributed by atoms with Gasteiger partial charge in [-0.3, -0.25) is 9.59 Å². The van der Waals surface area contributed by atoms with Gasteiger partial charge < -0.3 is 11.1 Å². The van der Waals surface area contributed by atoms with Gasteiger partial charge in [0.05, 0.1) is 0 Å². The van der Waals surface area contributed by atoms with Crippen LogP contribution in [0.1, 0.15) is 42.5 Å². The van der Waals surface area contributed by atoms with Crippen LogP contribution < -0.4 is 11.1 Å². The van der Waals surface area contributed by atoms with Gasteiger partial charge in [-0.05, 0) is 25.3 Å². The predicted octanol–water partition coefficient (Wildman–Crippen LogP) is 1.89. The van der Waals surface area contributed by atoms with E-state index in [-0.39, 0.29) is 30.6 Å². The van der Waals surface area contributed by atoms with Crippen LogP contribution in [0.5, 0.6) is 0 Å². The lowest BCUT2D eigenvalue weighted by Crippen LogP contribution is -2.39. The summed E-state index contributed by atoms with van der Waals surface area (Å²) in [5.41, 5.74) is 6.36. The van der Waals surface area contributed by atoms with Crippen LogP contribution in [-0.4, -0.2) is 24.3 Å². The van der Waals surface area contributed by atoms with Gasteiger partial charge in [0.1, 0.15) is 0 Å². The first-order valence-corrected chi connectivity index (χ1v) is 7.28. The first-order chi connectivity index (χ1) is 9.70. The average Bonchev–Trinajstić information content (AvgIpc) is 2.92. The second-order valence-corrected chi connectivity index (χ2v) is 5.39. The van der Waals surface area contributed by atoms with Crippen molar-refractivity contribution in [3.63, 3.8) is 0 Å². The van der Waals surface area contributed by atoms with E-state index >= 15 is 0 Å². The molecule has 1 fully saturated rings. The molecule has 0 heterocycles. The summed E-state index contributed by atoms with van der Waals surface area (Å²) in [7, 11) is 0. The molecule has 2 atom stereocenters. The van der Waals surface area contributed by atoms with Crippen molar-refractivity contribution in [2.24, 2.45) is 11.7 Å². The third-order valence-electron chi connectivity index (χ3n) is 3.98. The van der Waals surface area contributed by atoms with E-state index in [1.807, 2.05) is 18.2 Å².